The number of carbonyl (C=O) groups excluding carboxylic acids is 2. The Morgan fingerprint density at radius 3 is 2.04 bits per heavy atom. The first kappa shape index (κ1) is 22.9. The minimum Gasteiger partial charge on any atom is -0.383 e. The summed E-state index contributed by atoms with van der Waals surface area (Å²) in [6.07, 6.45) is -1.02. The van der Waals surface area contributed by atoms with Crippen LogP contribution in [-0.4, -0.2) is 58.1 Å². The summed E-state index contributed by atoms with van der Waals surface area (Å²) in [6, 6.07) is 0.573. The lowest BCUT2D eigenvalue weighted by molar-refractivity contribution is -0.132. The number of rotatable bonds is 14. The van der Waals surface area contributed by atoms with Crippen LogP contribution in [0.25, 0.3) is 0 Å². The van der Waals surface area contributed by atoms with E-state index in [1.54, 1.807) is 6.92 Å². The van der Waals surface area contributed by atoms with E-state index < -0.39 is 20.8 Å². The Morgan fingerprint density at radius 2 is 1.62 bits per heavy atom. The monoisotopic (exact) mass is 361 g/mol. The molecule has 0 aliphatic carbocycles. The Kier molecular flexibility index (Phi) is 11.8. The second kappa shape index (κ2) is 12.3. The molecule has 24 heavy (non-hydrogen) atoms. The molecule has 0 heterocycles. The number of allylic oxidation sites excluding steroid dienone is 1. The fourth-order valence-corrected chi connectivity index (χ4v) is 4.69. The van der Waals surface area contributed by atoms with Gasteiger partial charge in [0.05, 0.1) is 0 Å². The summed E-state index contributed by atoms with van der Waals surface area (Å²) in [5, 5.41) is 12.3. The van der Waals surface area contributed by atoms with Crippen molar-refractivity contribution in [2.45, 2.75) is 52.7 Å². The van der Waals surface area contributed by atoms with E-state index in [4.69, 9.17) is 13.3 Å². The standard InChI is InChI=1S/C16H31NO6Si/c1-6-21-24(22-7-2,23-8-3)11-9-10-17-16(20)15(19)12-14(18)13(4)5/h15,19H,4,6-12H2,1-3,5H3,(H,17,20). The third-order valence-corrected chi connectivity index (χ3v) is 6.36. The maximum atomic E-state index is 11.8. The largest absolute Gasteiger partial charge is 0.500 e. The van der Waals surface area contributed by atoms with Crippen LogP contribution in [0.15, 0.2) is 12.2 Å². The summed E-state index contributed by atoms with van der Waals surface area (Å²) in [5.74, 6) is -0.894. The van der Waals surface area contributed by atoms with E-state index in [1.807, 2.05) is 20.8 Å². The molecule has 0 fully saturated rings. The first-order chi connectivity index (χ1) is 11.3. The maximum Gasteiger partial charge on any atom is 0.500 e. The first-order valence-corrected chi connectivity index (χ1v) is 10.3. The molecule has 0 aromatic carbocycles. The number of hydrogen-bond donors (Lipinski definition) is 2. The van der Waals surface area contributed by atoms with Crippen molar-refractivity contribution in [1.29, 1.82) is 0 Å². The lowest BCUT2D eigenvalue weighted by atomic mass is 10.1. The van der Waals surface area contributed by atoms with E-state index in [-0.39, 0.29) is 12.2 Å². The average Bonchev–Trinajstić information content (AvgIpc) is 2.51. The van der Waals surface area contributed by atoms with Gasteiger partial charge in [0, 0.05) is 38.8 Å². The van der Waals surface area contributed by atoms with Gasteiger partial charge in [0.1, 0.15) is 6.10 Å². The van der Waals surface area contributed by atoms with E-state index in [1.165, 1.54) is 0 Å². The van der Waals surface area contributed by atoms with Crippen LogP contribution in [0.4, 0.5) is 0 Å². The smallest absolute Gasteiger partial charge is 0.383 e. The topological polar surface area (TPSA) is 94.1 Å². The van der Waals surface area contributed by atoms with Crippen LogP contribution < -0.4 is 5.32 Å². The van der Waals surface area contributed by atoms with Gasteiger partial charge in [-0.1, -0.05) is 6.58 Å². The first-order valence-electron chi connectivity index (χ1n) is 8.38. The molecule has 7 nitrogen and oxygen atoms in total. The molecule has 140 valence electrons. The van der Waals surface area contributed by atoms with Crippen molar-refractivity contribution in [2.75, 3.05) is 26.4 Å². The van der Waals surface area contributed by atoms with Crippen molar-refractivity contribution in [2.24, 2.45) is 0 Å². The Labute approximate surface area is 145 Å². The molecule has 1 atom stereocenters. The number of Topliss-reactive ketones (excluding diaryl/α,β-unsaturated/α-hetero) is 1. The number of aliphatic hydroxyl groups is 1. The highest BCUT2D eigenvalue weighted by molar-refractivity contribution is 6.60. The fraction of sp³-hybridized carbons (Fsp3) is 0.750. The number of ketones is 1. The summed E-state index contributed by atoms with van der Waals surface area (Å²) >= 11 is 0. The van der Waals surface area contributed by atoms with Gasteiger partial charge in [-0.2, -0.15) is 0 Å². The fourth-order valence-electron chi connectivity index (χ4n) is 2.08. The third-order valence-electron chi connectivity index (χ3n) is 3.21. The van der Waals surface area contributed by atoms with Crippen LogP contribution in [0.1, 0.15) is 40.5 Å². The van der Waals surface area contributed by atoms with E-state index >= 15 is 0 Å². The highest BCUT2D eigenvalue weighted by atomic mass is 28.4. The zero-order valence-electron chi connectivity index (χ0n) is 15.2. The SMILES string of the molecule is C=C(C)C(=O)CC(O)C(=O)NCCC[Si](OCC)(OCC)OCC. The number of hydrogen-bond acceptors (Lipinski definition) is 6. The number of aliphatic hydroxyl groups excluding tert-OH is 1. The molecule has 0 aliphatic rings. The Hall–Kier alpha value is -1.06. The maximum absolute atomic E-state index is 11.8. The molecule has 0 aromatic heterocycles. The van der Waals surface area contributed by atoms with Gasteiger partial charge in [0.25, 0.3) is 0 Å². The summed E-state index contributed by atoms with van der Waals surface area (Å²) < 4.78 is 17.2. The Morgan fingerprint density at radius 1 is 1.12 bits per heavy atom. The van der Waals surface area contributed by atoms with Gasteiger partial charge in [-0.3, -0.25) is 9.59 Å². The Balaban J connectivity index is 4.34. The molecule has 1 amide bonds. The highest BCUT2D eigenvalue weighted by Gasteiger charge is 2.39. The molecule has 0 aliphatic heterocycles. The van der Waals surface area contributed by atoms with Gasteiger partial charge >= 0.3 is 8.80 Å². The summed E-state index contributed by atoms with van der Waals surface area (Å²) in [5.41, 5.74) is 0.322. The molecular formula is C16H31NO6Si. The molecule has 2 N–H and O–H groups in total. The lowest BCUT2D eigenvalue weighted by Crippen LogP contribution is -2.46. The summed E-state index contributed by atoms with van der Waals surface area (Å²) in [4.78, 5) is 23.2. The van der Waals surface area contributed by atoms with E-state index in [2.05, 4.69) is 11.9 Å². The van der Waals surface area contributed by atoms with Crippen molar-refractivity contribution in [1.82, 2.24) is 5.32 Å². The van der Waals surface area contributed by atoms with E-state index in [9.17, 15) is 14.7 Å². The second-order valence-electron chi connectivity index (χ2n) is 5.30. The van der Waals surface area contributed by atoms with Gasteiger partial charge in [0.15, 0.2) is 5.78 Å². The van der Waals surface area contributed by atoms with Crippen LogP contribution in [0.5, 0.6) is 0 Å². The predicted octanol–water partition coefficient (Wildman–Crippen LogP) is 1.44. The van der Waals surface area contributed by atoms with Crippen molar-refractivity contribution in [3.63, 3.8) is 0 Å². The van der Waals surface area contributed by atoms with Crippen LogP contribution in [-0.2, 0) is 22.9 Å². The van der Waals surface area contributed by atoms with Crippen molar-refractivity contribution in [3.05, 3.63) is 12.2 Å². The third kappa shape index (κ3) is 8.70. The normalized spacial score (nSPS) is 12.7. The van der Waals surface area contributed by atoms with Crippen molar-refractivity contribution < 1.29 is 28.0 Å². The molecule has 0 saturated heterocycles. The molecular weight excluding hydrogens is 330 g/mol. The van der Waals surface area contributed by atoms with Crippen molar-refractivity contribution >= 4 is 20.5 Å². The highest BCUT2D eigenvalue weighted by Crippen LogP contribution is 2.17. The van der Waals surface area contributed by atoms with Gasteiger partial charge in [-0.15, -0.1) is 0 Å². The lowest BCUT2D eigenvalue weighted by Gasteiger charge is -2.28. The van der Waals surface area contributed by atoms with E-state index in [0.717, 1.165) is 0 Å². The number of nitrogens with one attached hydrogen (secondary N) is 1. The summed E-state index contributed by atoms with van der Waals surface area (Å²) in [7, 11) is -2.72. The molecule has 1 unspecified atom stereocenters. The van der Waals surface area contributed by atoms with Crippen molar-refractivity contribution in [3.8, 4) is 0 Å². The minimum atomic E-state index is -2.72. The van der Waals surface area contributed by atoms with Crippen LogP contribution in [0.2, 0.25) is 6.04 Å². The molecule has 0 saturated carbocycles. The Bertz CT molecular complexity index is 398. The second-order valence-corrected chi connectivity index (χ2v) is 8.03. The van der Waals surface area contributed by atoms with Crippen LogP contribution in [0, 0.1) is 0 Å². The molecule has 0 rings (SSSR count). The minimum absolute atomic E-state index is 0.253. The van der Waals surface area contributed by atoms with Gasteiger partial charge in [-0.25, -0.2) is 0 Å². The summed E-state index contributed by atoms with van der Waals surface area (Å²) in [6.45, 7) is 12.5. The zero-order valence-corrected chi connectivity index (χ0v) is 16.2. The molecule has 8 heteroatoms. The molecule has 0 bridgehead atoms. The van der Waals surface area contributed by atoms with Crippen LogP contribution in [0.3, 0.4) is 0 Å². The van der Waals surface area contributed by atoms with Gasteiger partial charge in [-0.05, 0) is 39.7 Å². The van der Waals surface area contributed by atoms with Gasteiger partial charge in [0.2, 0.25) is 5.91 Å². The molecule has 0 radical (unpaired) electrons. The van der Waals surface area contributed by atoms with Gasteiger partial charge < -0.3 is 23.7 Å². The van der Waals surface area contributed by atoms with E-state index in [0.29, 0.717) is 44.4 Å². The number of amides is 1. The molecule has 0 aromatic rings. The number of carbonyl (C=O) groups is 2. The quantitative estimate of drug-likeness (QED) is 0.276. The average molecular weight is 362 g/mol. The zero-order chi connectivity index (χ0) is 18.6. The predicted molar refractivity (Wildman–Crippen MR) is 93.5 cm³/mol. The molecule has 0 spiro atoms. The van der Waals surface area contributed by atoms with Crippen LogP contribution >= 0.6 is 0 Å².